The van der Waals surface area contributed by atoms with Gasteiger partial charge in [0.15, 0.2) is 0 Å². The van der Waals surface area contributed by atoms with E-state index in [0.29, 0.717) is 11.5 Å². The second-order valence-corrected chi connectivity index (χ2v) is 13.6. The van der Waals surface area contributed by atoms with E-state index in [9.17, 15) is 0 Å². The van der Waals surface area contributed by atoms with Gasteiger partial charge in [-0.05, 0) is 47.1 Å². The summed E-state index contributed by atoms with van der Waals surface area (Å²) in [6.45, 7) is 8.88. The Hall–Kier alpha value is -5.32. The maximum Gasteiger partial charge on any atom is 2.00 e. The van der Waals surface area contributed by atoms with E-state index in [4.69, 9.17) is 19.7 Å². The van der Waals surface area contributed by atoms with Gasteiger partial charge in [-0.3, -0.25) is 9.97 Å². The predicted molar refractivity (Wildman–Crippen MR) is 194 cm³/mol. The quantitative estimate of drug-likeness (QED) is 0.132. The maximum atomic E-state index is 6.54. The Bertz CT molecular complexity index is 2930. The first-order valence-electron chi connectivity index (χ1n) is 16.2. The number of pyridine rings is 3. The number of ether oxygens (including phenoxy) is 1. The molecule has 0 atom stereocenters. The molecule has 0 saturated heterocycles. The molecule has 0 saturated carbocycles. The van der Waals surface area contributed by atoms with Crippen LogP contribution in [0, 0.1) is 19.1 Å². The molecule has 0 aliphatic carbocycles. The number of aryl methyl sites for hydroxylation is 1. The topological polar surface area (TPSA) is 56.7 Å². The molecule has 6 aromatic heterocycles. The Morgan fingerprint density at radius 2 is 1.51 bits per heavy atom. The van der Waals surface area contributed by atoms with Crippen molar-refractivity contribution in [3.05, 3.63) is 127 Å². The molecule has 0 radical (unpaired) electrons. The third kappa shape index (κ3) is 4.27. The van der Waals surface area contributed by atoms with Crippen molar-refractivity contribution >= 4 is 65.7 Å². The van der Waals surface area contributed by atoms with Crippen molar-refractivity contribution in [3.8, 4) is 22.8 Å². The first-order chi connectivity index (χ1) is 23.3. The van der Waals surface area contributed by atoms with Crippen LogP contribution in [0.25, 0.3) is 76.9 Å². The minimum atomic E-state index is -0.0271. The van der Waals surface area contributed by atoms with Crippen LogP contribution < -0.4 is 4.74 Å². The monoisotopic (exact) mass is 814 g/mol. The number of rotatable bonds is 3. The van der Waals surface area contributed by atoms with Gasteiger partial charge in [0.2, 0.25) is 0 Å². The Morgan fingerprint density at radius 3 is 2.35 bits per heavy atom. The summed E-state index contributed by atoms with van der Waals surface area (Å²) in [4.78, 5) is 14.8. The zero-order valence-corrected chi connectivity index (χ0v) is 29.5. The number of fused-ring (bicyclic) bond motifs is 12. The van der Waals surface area contributed by atoms with Gasteiger partial charge < -0.3 is 13.5 Å². The zero-order chi connectivity index (χ0) is 32.3. The van der Waals surface area contributed by atoms with Gasteiger partial charge in [0.1, 0.15) is 5.65 Å². The van der Waals surface area contributed by atoms with E-state index < -0.39 is 0 Å². The number of aromatic nitrogens is 5. The molecule has 6 nitrogen and oxygen atoms in total. The van der Waals surface area contributed by atoms with Crippen molar-refractivity contribution in [2.45, 2.75) is 33.1 Å². The fourth-order valence-electron chi connectivity index (χ4n) is 7.51. The van der Waals surface area contributed by atoms with E-state index in [0.717, 1.165) is 55.3 Å². The zero-order valence-electron chi connectivity index (χ0n) is 27.3. The second-order valence-electron chi connectivity index (χ2n) is 13.6. The molecule has 238 valence electrons. The van der Waals surface area contributed by atoms with Crippen LogP contribution in [-0.2, 0) is 26.5 Å². The smallest absolute Gasteiger partial charge is 0.503 e. The number of benzene rings is 4. The van der Waals surface area contributed by atoms with Gasteiger partial charge in [-0.1, -0.05) is 91.7 Å². The molecule has 10 rings (SSSR count). The molecule has 4 aromatic carbocycles. The molecule has 0 N–H and O–H groups in total. The number of hydrogen-bond donors (Lipinski definition) is 0. The summed E-state index contributed by atoms with van der Waals surface area (Å²) in [5.74, 6) is 1.19. The fourth-order valence-corrected chi connectivity index (χ4v) is 7.51. The standard InChI is InChI=1S/C42H29N5O.Pt/c1-24-9-5-6-10-27(24)34-23-46-35-13-8-19-43-38(35)29-17-15-25(21-32(29)40(46)45-34)48-26-14-16-28-30-11-7-12-31-37-33(42(2,3)4)18-20-44-41(37)47(39(30)31)36(28)22-26;/h5-20,23H,1-4H3;/q-2;+2. The fraction of sp³-hybridized carbons (Fsp3) is 0.119. The number of imidazole rings is 1. The van der Waals surface area contributed by atoms with E-state index >= 15 is 0 Å². The van der Waals surface area contributed by atoms with Crippen LogP contribution in [0.4, 0.5) is 0 Å². The van der Waals surface area contributed by atoms with Crippen molar-refractivity contribution in [1.82, 2.24) is 23.8 Å². The third-order valence-corrected chi connectivity index (χ3v) is 9.68. The first kappa shape index (κ1) is 29.8. The average molecular weight is 815 g/mol. The van der Waals surface area contributed by atoms with Gasteiger partial charge >= 0.3 is 21.1 Å². The molecular formula is C42H29N5OPt. The second kappa shape index (κ2) is 10.6. The molecule has 0 aliphatic rings. The molecule has 0 aliphatic heterocycles. The van der Waals surface area contributed by atoms with Gasteiger partial charge in [-0.15, -0.1) is 23.6 Å². The van der Waals surface area contributed by atoms with Gasteiger partial charge in [-0.2, -0.15) is 6.07 Å². The molecule has 10 aromatic rings. The van der Waals surface area contributed by atoms with Gasteiger partial charge in [-0.25, -0.2) is 4.98 Å². The largest absolute Gasteiger partial charge is 2.00 e. The van der Waals surface area contributed by atoms with E-state index in [1.54, 1.807) is 0 Å². The summed E-state index contributed by atoms with van der Waals surface area (Å²) in [6.07, 6.45) is 5.85. The average Bonchev–Trinajstić information content (AvgIpc) is 3.78. The van der Waals surface area contributed by atoms with Gasteiger partial charge in [0.25, 0.3) is 0 Å². The molecule has 0 unspecified atom stereocenters. The minimum Gasteiger partial charge on any atom is -0.503 e. The summed E-state index contributed by atoms with van der Waals surface area (Å²) < 4.78 is 10.9. The molecule has 7 heteroatoms. The van der Waals surface area contributed by atoms with E-state index in [-0.39, 0.29) is 26.5 Å². The minimum absolute atomic E-state index is 0. The Labute approximate surface area is 296 Å². The van der Waals surface area contributed by atoms with Crippen molar-refractivity contribution in [2.75, 3.05) is 0 Å². The Balaban J connectivity index is 0.00000325. The van der Waals surface area contributed by atoms with Crippen LogP contribution in [0.2, 0.25) is 0 Å². The number of para-hydroxylation sites is 1. The number of hydrogen-bond acceptors (Lipinski definition) is 4. The molecule has 0 bridgehead atoms. The SMILES string of the molecule is Cc1ccccc1-c1cn2c3cccnc3c3ccc(Oc4[c-]c5c(cc4)c4cccc6c7c(C(C)(C)C)ccnc7n5c46)[c-]c3c2n1.[Pt+2]. The van der Waals surface area contributed by atoms with Crippen LogP contribution in [0.15, 0.2) is 104 Å². The van der Waals surface area contributed by atoms with Crippen molar-refractivity contribution < 1.29 is 25.8 Å². The normalized spacial score (nSPS) is 12.3. The summed E-state index contributed by atoms with van der Waals surface area (Å²) in [5.41, 5.74) is 10.2. The molecule has 0 spiro atoms. The van der Waals surface area contributed by atoms with E-state index in [1.165, 1.54) is 32.8 Å². The van der Waals surface area contributed by atoms with Crippen LogP contribution >= 0.6 is 0 Å². The summed E-state index contributed by atoms with van der Waals surface area (Å²) in [5, 5.41) is 6.54. The third-order valence-electron chi connectivity index (χ3n) is 9.68. The first-order valence-corrected chi connectivity index (χ1v) is 16.2. The van der Waals surface area contributed by atoms with Crippen molar-refractivity contribution in [1.29, 1.82) is 0 Å². The molecule has 49 heavy (non-hydrogen) atoms. The van der Waals surface area contributed by atoms with Crippen LogP contribution in [-0.4, -0.2) is 23.8 Å². The van der Waals surface area contributed by atoms with Gasteiger partial charge in [0.05, 0.1) is 22.4 Å². The molecular weight excluding hydrogens is 786 g/mol. The Morgan fingerprint density at radius 1 is 0.714 bits per heavy atom. The summed E-state index contributed by atoms with van der Waals surface area (Å²) in [7, 11) is 0. The summed E-state index contributed by atoms with van der Waals surface area (Å²) in [6, 6.07) is 36.4. The Kier molecular flexibility index (Phi) is 6.44. The van der Waals surface area contributed by atoms with Crippen LogP contribution in [0.3, 0.4) is 0 Å². The van der Waals surface area contributed by atoms with Crippen molar-refractivity contribution in [3.63, 3.8) is 0 Å². The molecule has 0 amide bonds. The van der Waals surface area contributed by atoms with Crippen molar-refractivity contribution in [2.24, 2.45) is 0 Å². The molecule has 0 fully saturated rings. The van der Waals surface area contributed by atoms with Crippen LogP contribution in [0.5, 0.6) is 11.5 Å². The number of nitrogens with zero attached hydrogens (tertiary/aromatic N) is 5. The predicted octanol–water partition coefficient (Wildman–Crippen LogP) is 10.2. The van der Waals surface area contributed by atoms with Crippen LogP contribution in [0.1, 0.15) is 31.9 Å². The summed E-state index contributed by atoms with van der Waals surface area (Å²) >= 11 is 0. The maximum absolute atomic E-state index is 6.54. The van der Waals surface area contributed by atoms with Gasteiger partial charge in [0, 0.05) is 51.9 Å². The van der Waals surface area contributed by atoms with E-state index in [2.05, 4.69) is 122 Å². The molecule has 6 heterocycles. The van der Waals surface area contributed by atoms with E-state index in [1.807, 2.05) is 30.6 Å².